The topological polar surface area (TPSA) is 72.8 Å². The van der Waals surface area contributed by atoms with Gasteiger partial charge in [0, 0.05) is 22.9 Å². The molecule has 0 radical (unpaired) electrons. The first-order valence-electron chi connectivity index (χ1n) is 8.51. The minimum absolute atomic E-state index is 0.126. The maximum Gasteiger partial charge on any atom is 0.303 e. The summed E-state index contributed by atoms with van der Waals surface area (Å²) in [4.78, 5) is 21.7. The second-order valence-electron chi connectivity index (χ2n) is 5.82. The van der Waals surface area contributed by atoms with Gasteiger partial charge in [-0.15, -0.1) is 0 Å². The minimum atomic E-state index is -0.806. The SMILES string of the molecule is O=C(O)CCCOc1cccc(Cl)c1.O=C1CCCOc2cc(Cl)ccc21. The molecule has 2 aromatic carbocycles. The van der Waals surface area contributed by atoms with Crippen LogP contribution in [0.15, 0.2) is 42.5 Å². The van der Waals surface area contributed by atoms with E-state index in [1.807, 2.05) is 0 Å². The molecule has 0 fully saturated rings. The number of carboxylic acid groups (broad SMARTS) is 1. The molecule has 144 valence electrons. The smallest absolute Gasteiger partial charge is 0.303 e. The lowest BCUT2D eigenvalue weighted by Crippen LogP contribution is -2.01. The molecule has 1 aliphatic rings. The highest BCUT2D eigenvalue weighted by atomic mass is 35.5. The normalized spacial score (nSPS) is 12.7. The molecule has 0 saturated heterocycles. The average Bonchev–Trinajstić information content (AvgIpc) is 2.80. The lowest BCUT2D eigenvalue weighted by Gasteiger charge is -2.05. The van der Waals surface area contributed by atoms with E-state index in [4.69, 9.17) is 37.8 Å². The van der Waals surface area contributed by atoms with Gasteiger partial charge >= 0.3 is 5.97 Å². The number of benzene rings is 2. The average molecular weight is 411 g/mol. The predicted octanol–water partition coefficient (Wildman–Crippen LogP) is 5.28. The zero-order valence-corrected chi connectivity index (χ0v) is 16.1. The van der Waals surface area contributed by atoms with Gasteiger partial charge in [-0.3, -0.25) is 9.59 Å². The molecule has 0 unspecified atom stereocenters. The van der Waals surface area contributed by atoms with E-state index in [2.05, 4.69) is 0 Å². The van der Waals surface area contributed by atoms with Crippen molar-refractivity contribution in [2.24, 2.45) is 0 Å². The second-order valence-corrected chi connectivity index (χ2v) is 6.69. The molecule has 0 spiro atoms. The largest absolute Gasteiger partial charge is 0.494 e. The highest BCUT2D eigenvalue weighted by molar-refractivity contribution is 6.31. The highest BCUT2D eigenvalue weighted by Crippen LogP contribution is 2.27. The van der Waals surface area contributed by atoms with Gasteiger partial charge in [0.25, 0.3) is 0 Å². The van der Waals surface area contributed by atoms with Crippen LogP contribution in [0.25, 0.3) is 0 Å². The van der Waals surface area contributed by atoms with Crippen LogP contribution in [0.1, 0.15) is 36.0 Å². The molecule has 0 aliphatic carbocycles. The fraction of sp³-hybridized carbons (Fsp3) is 0.300. The zero-order chi connectivity index (χ0) is 19.6. The summed E-state index contributed by atoms with van der Waals surface area (Å²) in [6.07, 6.45) is 1.97. The summed E-state index contributed by atoms with van der Waals surface area (Å²) >= 11 is 11.5. The lowest BCUT2D eigenvalue weighted by molar-refractivity contribution is -0.137. The predicted molar refractivity (Wildman–Crippen MR) is 104 cm³/mol. The van der Waals surface area contributed by atoms with Crippen molar-refractivity contribution >= 4 is 35.0 Å². The number of rotatable bonds is 5. The Morgan fingerprint density at radius 1 is 1.15 bits per heavy atom. The van der Waals surface area contributed by atoms with Crippen molar-refractivity contribution in [1.82, 2.24) is 0 Å². The van der Waals surface area contributed by atoms with Gasteiger partial charge in [-0.1, -0.05) is 29.3 Å². The molecule has 0 bridgehead atoms. The van der Waals surface area contributed by atoms with Gasteiger partial charge in [0.05, 0.1) is 18.8 Å². The van der Waals surface area contributed by atoms with Crippen molar-refractivity contribution in [2.45, 2.75) is 25.7 Å². The summed E-state index contributed by atoms with van der Waals surface area (Å²) in [5, 5.41) is 9.59. The van der Waals surface area contributed by atoms with E-state index < -0.39 is 5.97 Å². The molecular weight excluding hydrogens is 391 g/mol. The van der Waals surface area contributed by atoms with Crippen LogP contribution < -0.4 is 9.47 Å². The van der Waals surface area contributed by atoms with Gasteiger partial charge in [-0.05, 0) is 49.2 Å². The van der Waals surface area contributed by atoms with Crippen LogP contribution in [0.3, 0.4) is 0 Å². The van der Waals surface area contributed by atoms with Crippen molar-refractivity contribution in [3.05, 3.63) is 58.1 Å². The van der Waals surface area contributed by atoms with Crippen molar-refractivity contribution in [3.63, 3.8) is 0 Å². The van der Waals surface area contributed by atoms with Crippen LogP contribution in [0.2, 0.25) is 10.0 Å². The molecule has 7 heteroatoms. The molecule has 3 rings (SSSR count). The number of hydrogen-bond donors (Lipinski definition) is 1. The van der Waals surface area contributed by atoms with Gasteiger partial charge in [-0.2, -0.15) is 0 Å². The number of fused-ring (bicyclic) bond motifs is 1. The fourth-order valence-corrected chi connectivity index (χ4v) is 2.71. The summed E-state index contributed by atoms with van der Waals surface area (Å²) in [6, 6.07) is 12.2. The van der Waals surface area contributed by atoms with E-state index in [-0.39, 0.29) is 12.2 Å². The number of Topliss-reactive ketones (excluding diaryl/α,β-unsaturated/α-hetero) is 1. The Morgan fingerprint density at radius 3 is 2.67 bits per heavy atom. The van der Waals surface area contributed by atoms with E-state index in [0.717, 1.165) is 6.42 Å². The van der Waals surface area contributed by atoms with Gasteiger partial charge in [0.1, 0.15) is 11.5 Å². The van der Waals surface area contributed by atoms with Crippen LogP contribution in [0.4, 0.5) is 0 Å². The molecule has 1 aliphatic heterocycles. The summed E-state index contributed by atoms with van der Waals surface area (Å²) in [7, 11) is 0. The Balaban J connectivity index is 0.000000194. The van der Waals surface area contributed by atoms with Crippen molar-refractivity contribution in [3.8, 4) is 11.5 Å². The first-order chi connectivity index (χ1) is 13.0. The molecule has 27 heavy (non-hydrogen) atoms. The molecule has 1 N–H and O–H groups in total. The number of carboxylic acids is 1. The molecule has 2 aromatic rings. The first kappa shape index (κ1) is 21.1. The Bertz CT molecular complexity index is 792. The third-order valence-corrected chi connectivity index (χ3v) is 4.12. The molecular formula is C20H20Cl2O5. The van der Waals surface area contributed by atoms with Gasteiger partial charge < -0.3 is 14.6 Å². The monoisotopic (exact) mass is 410 g/mol. The summed E-state index contributed by atoms with van der Waals surface area (Å²) in [5.74, 6) is 0.627. The van der Waals surface area contributed by atoms with E-state index >= 15 is 0 Å². The van der Waals surface area contributed by atoms with Crippen LogP contribution in [0, 0.1) is 0 Å². The standard InChI is InChI=1S/C10H11ClO3.C10H9ClO2/c11-8-3-1-4-9(7-8)14-6-2-5-10(12)13;11-7-3-4-8-9(12)2-1-5-13-10(8)6-7/h1,3-4,7H,2,5-6H2,(H,12,13);3-4,6H,1-2,5H2. The van der Waals surface area contributed by atoms with E-state index in [1.54, 1.807) is 42.5 Å². The second kappa shape index (κ2) is 10.8. The fourth-order valence-electron chi connectivity index (χ4n) is 2.37. The number of aliphatic carboxylic acids is 1. The van der Waals surface area contributed by atoms with Crippen LogP contribution in [-0.2, 0) is 4.79 Å². The van der Waals surface area contributed by atoms with E-state index in [0.29, 0.717) is 53.2 Å². The van der Waals surface area contributed by atoms with Crippen LogP contribution in [0.5, 0.6) is 11.5 Å². The van der Waals surface area contributed by atoms with Gasteiger partial charge in [-0.25, -0.2) is 0 Å². The Kier molecular flexibility index (Phi) is 8.43. The Labute approximate surface area is 167 Å². The number of hydrogen-bond acceptors (Lipinski definition) is 4. The maximum atomic E-state index is 11.5. The summed E-state index contributed by atoms with van der Waals surface area (Å²) < 4.78 is 10.7. The maximum absolute atomic E-state index is 11.5. The number of ketones is 1. The van der Waals surface area contributed by atoms with Gasteiger partial charge in [0.2, 0.25) is 0 Å². The highest BCUT2D eigenvalue weighted by Gasteiger charge is 2.16. The van der Waals surface area contributed by atoms with Crippen molar-refractivity contribution in [1.29, 1.82) is 0 Å². The van der Waals surface area contributed by atoms with Crippen molar-refractivity contribution < 1.29 is 24.2 Å². The van der Waals surface area contributed by atoms with Gasteiger partial charge in [0.15, 0.2) is 5.78 Å². The number of halogens is 2. The Morgan fingerprint density at radius 2 is 1.93 bits per heavy atom. The minimum Gasteiger partial charge on any atom is -0.494 e. The number of carbonyl (C=O) groups is 2. The molecule has 0 saturated carbocycles. The number of ether oxygens (including phenoxy) is 2. The van der Waals surface area contributed by atoms with E-state index in [9.17, 15) is 9.59 Å². The number of carbonyl (C=O) groups excluding carboxylic acids is 1. The molecule has 5 nitrogen and oxygen atoms in total. The molecule has 0 aromatic heterocycles. The summed E-state index contributed by atoms with van der Waals surface area (Å²) in [5.41, 5.74) is 0.655. The quantitative estimate of drug-likeness (QED) is 0.678. The third-order valence-electron chi connectivity index (χ3n) is 3.65. The van der Waals surface area contributed by atoms with Crippen LogP contribution in [-0.4, -0.2) is 30.1 Å². The molecule has 0 atom stereocenters. The third kappa shape index (κ3) is 7.49. The van der Waals surface area contributed by atoms with E-state index in [1.165, 1.54) is 0 Å². The molecule has 0 amide bonds. The van der Waals surface area contributed by atoms with Crippen LogP contribution >= 0.6 is 23.2 Å². The first-order valence-corrected chi connectivity index (χ1v) is 9.27. The zero-order valence-electron chi connectivity index (χ0n) is 14.6. The summed E-state index contributed by atoms with van der Waals surface area (Å²) in [6.45, 7) is 0.992. The lowest BCUT2D eigenvalue weighted by atomic mass is 10.1. The van der Waals surface area contributed by atoms with Crippen molar-refractivity contribution in [2.75, 3.05) is 13.2 Å². The Hall–Kier alpha value is -2.24. The molecule has 1 heterocycles.